The van der Waals surface area contributed by atoms with Crippen molar-refractivity contribution >= 4 is 5.91 Å². The molecule has 0 aromatic heterocycles. The van der Waals surface area contributed by atoms with Crippen molar-refractivity contribution in [1.82, 2.24) is 15.1 Å². The molecule has 1 amide bonds. The average Bonchev–Trinajstić information content (AvgIpc) is 3.02. The number of carbonyl (C=O) groups is 1. The summed E-state index contributed by atoms with van der Waals surface area (Å²) in [5.41, 5.74) is 0. The molecule has 21 heavy (non-hydrogen) atoms. The Morgan fingerprint density at radius 1 is 1.29 bits per heavy atom. The van der Waals surface area contributed by atoms with E-state index in [0.717, 1.165) is 26.3 Å². The summed E-state index contributed by atoms with van der Waals surface area (Å²) in [5.74, 6) is -2.56. The minimum absolute atomic E-state index is 0.171. The third-order valence-corrected chi connectivity index (χ3v) is 4.81. The molecule has 0 aromatic rings. The molecule has 3 saturated heterocycles. The molecule has 5 nitrogen and oxygen atoms in total. The Kier molecular flexibility index (Phi) is 4.16. The van der Waals surface area contributed by atoms with Gasteiger partial charge in [0, 0.05) is 38.6 Å². The van der Waals surface area contributed by atoms with Crippen molar-refractivity contribution in [3.8, 4) is 0 Å². The van der Waals surface area contributed by atoms with Crippen LogP contribution >= 0.6 is 0 Å². The molecular weight excluding hydrogens is 280 g/mol. The molecular formula is C14H23F2N3O2. The van der Waals surface area contributed by atoms with Gasteiger partial charge in [-0.1, -0.05) is 6.92 Å². The SMILES string of the molecule is CC1CN(C(=O)C2CC(F)(F)CN2)CC1N1CCOCC1. The number of hydrogen-bond donors (Lipinski definition) is 1. The summed E-state index contributed by atoms with van der Waals surface area (Å²) in [5, 5.41) is 2.66. The predicted molar refractivity (Wildman–Crippen MR) is 73.3 cm³/mol. The maximum atomic E-state index is 13.2. The summed E-state index contributed by atoms with van der Waals surface area (Å²) in [7, 11) is 0. The van der Waals surface area contributed by atoms with E-state index in [1.807, 2.05) is 0 Å². The number of morpholine rings is 1. The number of carbonyl (C=O) groups excluding carboxylic acids is 1. The van der Waals surface area contributed by atoms with Crippen molar-refractivity contribution in [3.63, 3.8) is 0 Å². The normalized spacial score (nSPS) is 37.1. The zero-order valence-corrected chi connectivity index (χ0v) is 12.4. The van der Waals surface area contributed by atoms with E-state index in [1.54, 1.807) is 4.90 Å². The molecule has 3 aliphatic heterocycles. The number of amides is 1. The van der Waals surface area contributed by atoms with Gasteiger partial charge in [0.25, 0.3) is 5.92 Å². The van der Waals surface area contributed by atoms with Crippen LogP contribution in [0.2, 0.25) is 0 Å². The van der Waals surface area contributed by atoms with Gasteiger partial charge in [0.1, 0.15) is 0 Å². The molecule has 7 heteroatoms. The molecule has 3 heterocycles. The van der Waals surface area contributed by atoms with Crippen molar-refractivity contribution in [2.75, 3.05) is 45.9 Å². The van der Waals surface area contributed by atoms with Crippen LogP contribution in [0.15, 0.2) is 0 Å². The summed E-state index contributed by atoms with van der Waals surface area (Å²) in [4.78, 5) is 16.5. The third-order valence-electron chi connectivity index (χ3n) is 4.81. The fraction of sp³-hybridized carbons (Fsp3) is 0.929. The quantitative estimate of drug-likeness (QED) is 0.789. The predicted octanol–water partition coefficient (Wildman–Crippen LogP) is 0.163. The highest BCUT2D eigenvalue weighted by atomic mass is 19.3. The number of nitrogens with zero attached hydrogens (tertiary/aromatic N) is 2. The molecule has 1 N–H and O–H groups in total. The van der Waals surface area contributed by atoms with Crippen molar-refractivity contribution in [2.45, 2.75) is 31.4 Å². The van der Waals surface area contributed by atoms with E-state index in [-0.39, 0.29) is 18.9 Å². The van der Waals surface area contributed by atoms with E-state index < -0.39 is 12.0 Å². The molecule has 0 bridgehead atoms. The Labute approximate surface area is 123 Å². The number of rotatable bonds is 2. The fourth-order valence-electron chi connectivity index (χ4n) is 3.62. The van der Waals surface area contributed by atoms with Crippen LogP contribution in [-0.2, 0) is 9.53 Å². The summed E-state index contributed by atoms with van der Waals surface area (Å²) in [6.45, 7) is 6.27. The lowest BCUT2D eigenvalue weighted by Gasteiger charge is -2.34. The van der Waals surface area contributed by atoms with Gasteiger partial charge in [0.15, 0.2) is 0 Å². The molecule has 3 atom stereocenters. The average molecular weight is 303 g/mol. The van der Waals surface area contributed by atoms with Crippen molar-refractivity contribution in [3.05, 3.63) is 0 Å². The fourth-order valence-corrected chi connectivity index (χ4v) is 3.62. The Bertz CT molecular complexity index is 402. The highest BCUT2D eigenvalue weighted by Gasteiger charge is 2.45. The van der Waals surface area contributed by atoms with Crippen LogP contribution in [0.4, 0.5) is 8.78 Å². The van der Waals surface area contributed by atoms with E-state index in [4.69, 9.17) is 4.74 Å². The molecule has 3 fully saturated rings. The van der Waals surface area contributed by atoms with Crippen molar-refractivity contribution in [2.24, 2.45) is 5.92 Å². The van der Waals surface area contributed by atoms with Crippen LogP contribution in [0, 0.1) is 5.92 Å². The molecule has 0 aromatic carbocycles. The van der Waals surface area contributed by atoms with Crippen molar-refractivity contribution < 1.29 is 18.3 Å². The zero-order valence-electron chi connectivity index (χ0n) is 12.4. The van der Waals surface area contributed by atoms with Crippen LogP contribution in [0.5, 0.6) is 0 Å². The Hall–Kier alpha value is -0.790. The van der Waals surface area contributed by atoms with Gasteiger partial charge in [-0.2, -0.15) is 0 Å². The number of nitrogens with one attached hydrogen (secondary N) is 1. The highest BCUT2D eigenvalue weighted by Crippen LogP contribution is 2.28. The van der Waals surface area contributed by atoms with E-state index in [9.17, 15) is 13.6 Å². The van der Waals surface area contributed by atoms with Crippen LogP contribution in [0.25, 0.3) is 0 Å². The molecule has 3 unspecified atom stereocenters. The van der Waals surface area contributed by atoms with E-state index >= 15 is 0 Å². The first-order valence-electron chi connectivity index (χ1n) is 7.68. The number of hydrogen-bond acceptors (Lipinski definition) is 4. The zero-order chi connectivity index (χ0) is 15.0. The number of ether oxygens (including phenoxy) is 1. The summed E-state index contributed by atoms with van der Waals surface area (Å²) in [6, 6.07) is -0.407. The highest BCUT2D eigenvalue weighted by molar-refractivity contribution is 5.82. The van der Waals surface area contributed by atoms with Gasteiger partial charge >= 0.3 is 0 Å². The van der Waals surface area contributed by atoms with Gasteiger partial charge in [-0.05, 0) is 5.92 Å². The minimum Gasteiger partial charge on any atom is -0.379 e. The van der Waals surface area contributed by atoms with Gasteiger partial charge in [0.05, 0.1) is 25.8 Å². The van der Waals surface area contributed by atoms with Crippen LogP contribution in [0.3, 0.4) is 0 Å². The lowest BCUT2D eigenvalue weighted by Crippen LogP contribution is -2.48. The Balaban J connectivity index is 1.59. The standard InChI is InChI=1S/C14H23F2N3O2/c1-10-7-19(8-12(10)18-2-4-21-5-3-18)13(20)11-6-14(15,16)9-17-11/h10-12,17H,2-9H2,1H3. The van der Waals surface area contributed by atoms with E-state index in [1.165, 1.54) is 0 Å². The second kappa shape index (κ2) is 5.78. The third kappa shape index (κ3) is 3.19. The van der Waals surface area contributed by atoms with Gasteiger partial charge in [0.2, 0.25) is 5.91 Å². The van der Waals surface area contributed by atoms with Gasteiger partial charge in [-0.25, -0.2) is 8.78 Å². The smallest absolute Gasteiger partial charge is 0.262 e. The number of halogens is 2. The van der Waals surface area contributed by atoms with Crippen LogP contribution < -0.4 is 5.32 Å². The maximum absolute atomic E-state index is 13.2. The minimum atomic E-state index is -2.75. The summed E-state index contributed by atoms with van der Waals surface area (Å²) >= 11 is 0. The maximum Gasteiger partial charge on any atom is 0.262 e. The summed E-state index contributed by atoms with van der Waals surface area (Å²) < 4.78 is 31.8. The molecule has 0 saturated carbocycles. The molecule has 0 spiro atoms. The topological polar surface area (TPSA) is 44.8 Å². The van der Waals surface area contributed by atoms with Crippen molar-refractivity contribution in [1.29, 1.82) is 0 Å². The molecule has 0 aliphatic carbocycles. The van der Waals surface area contributed by atoms with E-state index in [2.05, 4.69) is 17.1 Å². The number of alkyl halides is 2. The van der Waals surface area contributed by atoms with Gasteiger partial charge in [-0.15, -0.1) is 0 Å². The van der Waals surface area contributed by atoms with Crippen LogP contribution in [0.1, 0.15) is 13.3 Å². The second-order valence-corrected chi connectivity index (χ2v) is 6.43. The monoisotopic (exact) mass is 303 g/mol. The second-order valence-electron chi connectivity index (χ2n) is 6.43. The lowest BCUT2D eigenvalue weighted by atomic mass is 10.0. The first-order chi connectivity index (χ1) is 9.96. The Morgan fingerprint density at radius 3 is 2.62 bits per heavy atom. The Morgan fingerprint density at radius 2 is 2.00 bits per heavy atom. The number of likely N-dealkylation sites (tertiary alicyclic amines) is 1. The summed E-state index contributed by atoms with van der Waals surface area (Å²) in [6.07, 6.45) is -0.376. The van der Waals surface area contributed by atoms with Crippen LogP contribution in [-0.4, -0.2) is 79.7 Å². The first kappa shape index (κ1) is 15.1. The lowest BCUT2D eigenvalue weighted by molar-refractivity contribution is -0.133. The van der Waals surface area contributed by atoms with Gasteiger partial charge in [-0.3, -0.25) is 15.0 Å². The van der Waals surface area contributed by atoms with Gasteiger partial charge < -0.3 is 9.64 Å². The molecule has 0 radical (unpaired) electrons. The first-order valence-corrected chi connectivity index (χ1v) is 7.68. The molecule has 120 valence electrons. The molecule has 3 aliphatic rings. The molecule has 3 rings (SSSR count). The largest absolute Gasteiger partial charge is 0.379 e. The van der Waals surface area contributed by atoms with E-state index in [0.29, 0.717) is 25.0 Å².